The Labute approximate surface area is 153 Å². The molecule has 4 rings (SSSR count). The molecule has 0 fully saturated rings. The highest BCUT2D eigenvalue weighted by atomic mass is 32.1. The summed E-state index contributed by atoms with van der Waals surface area (Å²) in [4.78, 5) is 24.1. The Hall–Kier alpha value is -3.13. The number of carbonyl (C=O) groups excluding carboxylic acids is 2. The van der Waals surface area contributed by atoms with Crippen molar-refractivity contribution in [3.05, 3.63) is 52.5 Å². The van der Waals surface area contributed by atoms with Crippen molar-refractivity contribution in [2.24, 2.45) is 5.73 Å². The molecule has 7 nitrogen and oxygen atoms in total. The number of nitrogens with zero attached hydrogens (tertiary/aromatic N) is 1. The summed E-state index contributed by atoms with van der Waals surface area (Å²) >= 11 is 1.33. The second kappa shape index (κ2) is 6.64. The van der Waals surface area contributed by atoms with Gasteiger partial charge in [-0.3, -0.25) is 9.59 Å². The van der Waals surface area contributed by atoms with Crippen LogP contribution in [-0.2, 0) is 17.6 Å². The molecule has 0 saturated carbocycles. The van der Waals surface area contributed by atoms with Crippen LogP contribution in [0.3, 0.4) is 0 Å². The topological polar surface area (TPSA) is 110 Å². The molecule has 0 atom stereocenters. The van der Waals surface area contributed by atoms with E-state index in [1.807, 2.05) is 30.3 Å². The first-order chi connectivity index (χ1) is 12.6. The van der Waals surface area contributed by atoms with Crippen molar-refractivity contribution < 1.29 is 14.1 Å². The first-order valence-electron chi connectivity index (χ1n) is 8.11. The van der Waals surface area contributed by atoms with Gasteiger partial charge in [0.1, 0.15) is 5.00 Å². The highest BCUT2D eigenvalue weighted by Crippen LogP contribution is 2.46. The maximum atomic E-state index is 12.6. The minimum absolute atomic E-state index is 0.194. The van der Waals surface area contributed by atoms with E-state index in [1.54, 1.807) is 6.20 Å². The number of aryl methyl sites for hydroxylation is 1. The molecular formula is C18H16N4O3S. The molecule has 4 N–H and O–H groups in total. The van der Waals surface area contributed by atoms with Gasteiger partial charge in [0.05, 0.1) is 23.2 Å². The fourth-order valence-corrected chi connectivity index (χ4v) is 4.20. The summed E-state index contributed by atoms with van der Waals surface area (Å²) in [6.45, 7) is -0.194. The van der Waals surface area contributed by atoms with Crippen LogP contribution in [0, 0.1) is 0 Å². The lowest BCUT2D eigenvalue weighted by atomic mass is 9.92. The van der Waals surface area contributed by atoms with Crippen LogP contribution in [0.5, 0.6) is 0 Å². The predicted octanol–water partition coefficient (Wildman–Crippen LogP) is 2.46. The van der Waals surface area contributed by atoms with Crippen LogP contribution >= 0.6 is 11.3 Å². The van der Waals surface area contributed by atoms with Gasteiger partial charge < -0.3 is 20.9 Å². The maximum Gasteiger partial charge on any atom is 0.262 e. The SMILES string of the molecule is NC(=O)CNC(=O)c1sc(Nc2ccccc2)c2c1CCc1cnoc1-2. The van der Waals surface area contributed by atoms with Crippen LogP contribution in [0.15, 0.2) is 41.1 Å². The molecule has 0 bridgehead atoms. The molecule has 3 aromatic rings. The number of primary amides is 1. The average Bonchev–Trinajstić information content (AvgIpc) is 3.25. The third-order valence-electron chi connectivity index (χ3n) is 4.18. The molecule has 1 aromatic carbocycles. The van der Waals surface area contributed by atoms with Crippen molar-refractivity contribution in [1.82, 2.24) is 10.5 Å². The van der Waals surface area contributed by atoms with E-state index in [4.69, 9.17) is 10.3 Å². The lowest BCUT2D eigenvalue weighted by Gasteiger charge is -2.13. The van der Waals surface area contributed by atoms with Gasteiger partial charge in [-0.25, -0.2) is 0 Å². The van der Waals surface area contributed by atoms with Crippen LogP contribution < -0.4 is 16.4 Å². The van der Waals surface area contributed by atoms with Crippen LogP contribution in [0.2, 0.25) is 0 Å². The van der Waals surface area contributed by atoms with E-state index in [-0.39, 0.29) is 12.5 Å². The monoisotopic (exact) mass is 368 g/mol. The number of anilines is 2. The van der Waals surface area contributed by atoms with Crippen molar-refractivity contribution in [1.29, 1.82) is 0 Å². The normalized spacial score (nSPS) is 12.2. The van der Waals surface area contributed by atoms with Crippen LogP contribution in [0.4, 0.5) is 10.7 Å². The Morgan fingerprint density at radius 1 is 1.23 bits per heavy atom. The van der Waals surface area contributed by atoms with Crippen molar-refractivity contribution >= 4 is 33.8 Å². The summed E-state index contributed by atoms with van der Waals surface area (Å²) in [6.07, 6.45) is 3.17. The molecule has 2 heterocycles. The zero-order valence-electron chi connectivity index (χ0n) is 13.7. The van der Waals surface area contributed by atoms with Crippen LogP contribution in [0.1, 0.15) is 20.8 Å². The molecule has 2 aromatic heterocycles. The molecule has 0 saturated heterocycles. The maximum absolute atomic E-state index is 12.6. The van der Waals surface area contributed by atoms with Crippen molar-refractivity contribution in [3.63, 3.8) is 0 Å². The Balaban J connectivity index is 1.76. The summed E-state index contributed by atoms with van der Waals surface area (Å²) in [5.41, 5.74) is 8.83. The van der Waals surface area contributed by atoms with E-state index < -0.39 is 5.91 Å². The Morgan fingerprint density at radius 2 is 2.04 bits per heavy atom. The van der Waals surface area contributed by atoms with Gasteiger partial charge >= 0.3 is 0 Å². The molecule has 2 amide bonds. The van der Waals surface area contributed by atoms with Gasteiger partial charge in [0.25, 0.3) is 5.91 Å². The Bertz CT molecular complexity index is 978. The second-order valence-electron chi connectivity index (χ2n) is 5.93. The van der Waals surface area contributed by atoms with Gasteiger partial charge in [-0.05, 0) is 30.5 Å². The number of hydrogen-bond donors (Lipinski definition) is 3. The first-order valence-corrected chi connectivity index (χ1v) is 8.93. The standard InChI is InChI=1S/C18H16N4O3S/c19-13(23)9-20-17(24)16-12-7-6-10-8-21-25-15(10)14(12)18(26-16)22-11-4-2-1-3-5-11/h1-5,8,22H,6-7,9H2,(H2,19,23)(H,20,24). The number of aromatic nitrogens is 1. The molecule has 8 heteroatoms. The number of nitrogens with one attached hydrogen (secondary N) is 2. The number of fused-ring (bicyclic) bond motifs is 3. The zero-order chi connectivity index (χ0) is 18.1. The summed E-state index contributed by atoms with van der Waals surface area (Å²) in [5, 5.41) is 10.6. The third kappa shape index (κ3) is 2.95. The fourth-order valence-electron chi connectivity index (χ4n) is 3.02. The minimum atomic E-state index is -0.580. The lowest BCUT2D eigenvalue weighted by molar-refractivity contribution is -0.117. The summed E-state index contributed by atoms with van der Waals surface area (Å²) in [6, 6.07) is 9.70. The number of thiophene rings is 1. The molecule has 1 aliphatic carbocycles. The molecular weight excluding hydrogens is 352 g/mol. The van der Waals surface area contributed by atoms with Gasteiger partial charge in [0.2, 0.25) is 5.91 Å². The van der Waals surface area contributed by atoms with E-state index in [0.29, 0.717) is 17.1 Å². The average molecular weight is 368 g/mol. The summed E-state index contributed by atoms with van der Waals surface area (Å²) in [5.74, 6) is -0.201. The molecule has 0 spiro atoms. The van der Waals surface area contributed by atoms with Crippen molar-refractivity contribution in [3.8, 4) is 11.3 Å². The quantitative estimate of drug-likeness (QED) is 0.641. The van der Waals surface area contributed by atoms with Crippen LogP contribution in [-0.4, -0.2) is 23.5 Å². The number of amides is 2. The van der Waals surface area contributed by atoms with E-state index in [1.165, 1.54) is 11.3 Å². The number of nitrogens with two attached hydrogens (primary N) is 1. The lowest BCUT2D eigenvalue weighted by Crippen LogP contribution is -2.33. The van der Waals surface area contributed by atoms with Crippen LogP contribution in [0.25, 0.3) is 11.3 Å². The van der Waals surface area contributed by atoms with Crippen molar-refractivity contribution in [2.45, 2.75) is 12.8 Å². The molecule has 132 valence electrons. The van der Waals surface area contributed by atoms with E-state index in [9.17, 15) is 9.59 Å². The second-order valence-corrected chi connectivity index (χ2v) is 6.95. The third-order valence-corrected chi connectivity index (χ3v) is 5.33. The van der Waals surface area contributed by atoms with E-state index in [2.05, 4.69) is 15.8 Å². The van der Waals surface area contributed by atoms with Gasteiger partial charge in [-0.15, -0.1) is 11.3 Å². The van der Waals surface area contributed by atoms with E-state index >= 15 is 0 Å². The highest BCUT2D eigenvalue weighted by molar-refractivity contribution is 7.19. The Kier molecular flexibility index (Phi) is 4.18. The molecule has 26 heavy (non-hydrogen) atoms. The van der Waals surface area contributed by atoms with E-state index in [0.717, 1.165) is 33.8 Å². The largest absolute Gasteiger partial charge is 0.368 e. The fraction of sp³-hybridized carbons (Fsp3) is 0.167. The minimum Gasteiger partial charge on any atom is -0.368 e. The molecule has 0 radical (unpaired) electrons. The zero-order valence-corrected chi connectivity index (χ0v) is 14.6. The first kappa shape index (κ1) is 16.3. The number of hydrogen-bond acceptors (Lipinski definition) is 6. The molecule has 0 aliphatic heterocycles. The number of rotatable bonds is 5. The number of carbonyl (C=O) groups is 2. The smallest absolute Gasteiger partial charge is 0.262 e. The van der Waals surface area contributed by atoms with Crippen molar-refractivity contribution in [2.75, 3.05) is 11.9 Å². The Morgan fingerprint density at radius 3 is 2.81 bits per heavy atom. The predicted molar refractivity (Wildman–Crippen MR) is 98.5 cm³/mol. The highest BCUT2D eigenvalue weighted by Gasteiger charge is 2.31. The number of benzene rings is 1. The number of para-hydroxylation sites is 1. The summed E-state index contributed by atoms with van der Waals surface area (Å²) in [7, 11) is 0. The molecule has 0 unspecified atom stereocenters. The van der Waals surface area contributed by atoms with Gasteiger partial charge in [0, 0.05) is 11.3 Å². The van der Waals surface area contributed by atoms with Gasteiger partial charge in [0.15, 0.2) is 5.76 Å². The van der Waals surface area contributed by atoms with Gasteiger partial charge in [-0.1, -0.05) is 23.4 Å². The summed E-state index contributed by atoms with van der Waals surface area (Å²) < 4.78 is 5.46. The molecule has 1 aliphatic rings. The van der Waals surface area contributed by atoms with Gasteiger partial charge in [-0.2, -0.15) is 0 Å².